The van der Waals surface area contributed by atoms with Gasteiger partial charge in [0.2, 0.25) is 0 Å². The van der Waals surface area contributed by atoms with Gasteiger partial charge in [0.1, 0.15) is 0 Å². The lowest BCUT2D eigenvalue weighted by Gasteiger charge is -2.20. The Kier molecular flexibility index (Phi) is 2.93. The van der Waals surface area contributed by atoms with Gasteiger partial charge in [0, 0.05) is 30.0 Å². The molecule has 4 heteroatoms. The Morgan fingerprint density at radius 2 is 2.21 bits per heavy atom. The lowest BCUT2D eigenvalue weighted by atomic mass is 10.1. The third kappa shape index (κ3) is 2.07. The summed E-state index contributed by atoms with van der Waals surface area (Å²) in [7, 11) is 0. The van der Waals surface area contributed by atoms with Crippen molar-refractivity contribution >= 4 is 11.4 Å². The van der Waals surface area contributed by atoms with Crippen LogP contribution in [0.4, 0.5) is 11.4 Å². The Labute approximate surface area is 113 Å². The Morgan fingerprint density at radius 1 is 1.37 bits per heavy atom. The van der Waals surface area contributed by atoms with Gasteiger partial charge in [0.05, 0.1) is 17.9 Å². The standard InChI is InChI=1S/C15H20N4/c1-3-19-12(9-11(2)17-19)10-18-8-7-13-14(16)5-4-6-15(13)18/h4-6,9H,3,7-8,10,16H2,1-2H3. The zero-order chi connectivity index (χ0) is 13.4. The molecule has 0 unspecified atom stereocenters. The number of fused-ring (bicyclic) bond motifs is 1. The first-order valence-corrected chi connectivity index (χ1v) is 6.84. The maximum absolute atomic E-state index is 6.04. The van der Waals surface area contributed by atoms with E-state index in [-0.39, 0.29) is 0 Å². The number of nitrogens with two attached hydrogens (primary N) is 1. The van der Waals surface area contributed by atoms with E-state index in [1.165, 1.54) is 16.9 Å². The number of nitrogens with zero attached hydrogens (tertiary/aromatic N) is 3. The van der Waals surface area contributed by atoms with Crippen molar-refractivity contribution in [3.63, 3.8) is 0 Å². The van der Waals surface area contributed by atoms with E-state index in [1.807, 2.05) is 19.1 Å². The summed E-state index contributed by atoms with van der Waals surface area (Å²) < 4.78 is 2.08. The fourth-order valence-electron chi connectivity index (χ4n) is 2.89. The molecule has 2 aromatic rings. The number of rotatable bonds is 3. The first-order valence-electron chi connectivity index (χ1n) is 6.84. The first kappa shape index (κ1) is 12.1. The minimum Gasteiger partial charge on any atom is -0.398 e. The number of nitrogen functional groups attached to an aromatic ring is 1. The second kappa shape index (κ2) is 4.61. The molecule has 1 aliphatic heterocycles. The SMILES string of the molecule is CCn1nc(C)cc1CN1CCc2c(N)cccc21. The highest BCUT2D eigenvalue weighted by Crippen LogP contribution is 2.33. The van der Waals surface area contributed by atoms with Gasteiger partial charge in [-0.25, -0.2) is 0 Å². The highest BCUT2D eigenvalue weighted by atomic mass is 15.3. The molecule has 0 saturated heterocycles. The molecule has 0 atom stereocenters. The molecule has 0 amide bonds. The molecule has 1 aliphatic rings. The van der Waals surface area contributed by atoms with Gasteiger partial charge in [0.25, 0.3) is 0 Å². The van der Waals surface area contributed by atoms with Crippen molar-refractivity contribution in [3.8, 4) is 0 Å². The van der Waals surface area contributed by atoms with Crippen LogP contribution in [0.15, 0.2) is 24.3 Å². The minimum absolute atomic E-state index is 0.908. The molecule has 1 aromatic heterocycles. The number of aromatic nitrogens is 2. The Balaban J connectivity index is 1.88. The fraction of sp³-hybridized carbons (Fsp3) is 0.400. The van der Waals surface area contributed by atoms with Crippen molar-refractivity contribution < 1.29 is 0 Å². The van der Waals surface area contributed by atoms with Crippen LogP contribution >= 0.6 is 0 Å². The molecule has 1 aromatic carbocycles. The van der Waals surface area contributed by atoms with Crippen LogP contribution in [0.1, 0.15) is 23.9 Å². The highest BCUT2D eigenvalue weighted by molar-refractivity contribution is 5.68. The minimum atomic E-state index is 0.908. The molecule has 0 spiro atoms. The predicted octanol–water partition coefficient (Wildman–Crippen LogP) is 2.36. The summed E-state index contributed by atoms with van der Waals surface area (Å²) in [6.45, 7) is 7.04. The highest BCUT2D eigenvalue weighted by Gasteiger charge is 2.21. The van der Waals surface area contributed by atoms with Crippen LogP contribution in [0.25, 0.3) is 0 Å². The lowest BCUT2D eigenvalue weighted by molar-refractivity contribution is 0.608. The summed E-state index contributed by atoms with van der Waals surface area (Å²) in [6.07, 6.45) is 1.04. The van der Waals surface area contributed by atoms with E-state index in [9.17, 15) is 0 Å². The number of benzene rings is 1. The smallest absolute Gasteiger partial charge is 0.0599 e. The van der Waals surface area contributed by atoms with E-state index < -0.39 is 0 Å². The molecule has 0 saturated carbocycles. The van der Waals surface area contributed by atoms with E-state index in [0.717, 1.165) is 37.4 Å². The molecule has 2 heterocycles. The van der Waals surface area contributed by atoms with Crippen LogP contribution in [0.3, 0.4) is 0 Å². The van der Waals surface area contributed by atoms with Crippen LogP contribution in [0, 0.1) is 6.92 Å². The van der Waals surface area contributed by atoms with E-state index in [1.54, 1.807) is 0 Å². The molecular formula is C15H20N4. The second-order valence-electron chi connectivity index (χ2n) is 5.11. The zero-order valence-electron chi connectivity index (χ0n) is 11.6. The lowest BCUT2D eigenvalue weighted by Crippen LogP contribution is -2.21. The van der Waals surface area contributed by atoms with Gasteiger partial charge >= 0.3 is 0 Å². The van der Waals surface area contributed by atoms with Crippen LogP contribution in [-0.2, 0) is 19.5 Å². The average Bonchev–Trinajstić information content (AvgIpc) is 2.95. The molecule has 0 aliphatic carbocycles. The van der Waals surface area contributed by atoms with Crippen molar-refractivity contribution in [2.75, 3.05) is 17.2 Å². The van der Waals surface area contributed by atoms with Crippen LogP contribution in [0.5, 0.6) is 0 Å². The van der Waals surface area contributed by atoms with Gasteiger partial charge in [-0.05, 0) is 38.5 Å². The molecule has 100 valence electrons. The molecule has 19 heavy (non-hydrogen) atoms. The maximum Gasteiger partial charge on any atom is 0.0599 e. The van der Waals surface area contributed by atoms with Gasteiger partial charge in [0.15, 0.2) is 0 Å². The molecule has 4 nitrogen and oxygen atoms in total. The summed E-state index contributed by atoms with van der Waals surface area (Å²) >= 11 is 0. The summed E-state index contributed by atoms with van der Waals surface area (Å²) in [5.74, 6) is 0. The topological polar surface area (TPSA) is 47.1 Å². The van der Waals surface area contributed by atoms with E-state index in [4.69, 9.17) is 5.73 Å². The van der Waals surface area contributed by atoms with E-state index >= 15 is 0 Å². The third-order valence-electron chi connectivity index (χ3n) is 3.80. The molecule has 2 N–H and O–H groups in total. The number of hydrogen-bond donors (Lipinski definition) is 1. The molecule has 0 bridgehead atoms. The zero-order valence-corrected chi connectivity index (χ0v) is 11.6. The first-order chi connectivity index (χ1) is 9.19. The quantitative estimate of drug-likeness (QED) is 0.858. The molecule has 0 radical (unpaired) electrons. The Morgan fingerprint density at radius 3 is 3.00 bits per heavy atom. The van der Waals surface area contributed by atoms with Crippen LogP contribution < -0.4 is 10.6 Å². The number of hydrogen-bond acceptors (Lipinski definition) is 3. The second-order valence-corrected chi connectivity index (χ2v) is 5.11. The normalized spacial score (nSPS) is 13.9. The summed E-state index contributed by atoms with van der Waals surface area (Å²) in [5, 5.41) is 4.51. The van der Waals surface area contributed by atoms with Gasteiger partial charge in [-0.15, -0.1) is 0 Å². The summed E-state index contributed by atoms with van der Waals surface area (Å²) in [4.78, 5) is 2.40. The van der Waals surface area contributed by atoms with Gasteiger partial charge in [-0.2, -0.15) is 5.10 Å². The fourth-order valence-corrected chi connectivity index (χ4v) is 2.89. The Hall–Kier alpha value is -1.97. The average molecular weight is 256 g/mol. The van der Waals surface area contributed by atoms with Crippen LogP contribution in [-0.4, -0.2) is 16.3 Å². The predicted molar refractivity (Wildman–Crippen MR) is 78.2 cm³/mol. The van der Waals surface area contributed by atoms with Crippen molar-refractivity contribution in [3.05, 3.63) is 41.2 Å². The summed E-state index contributed by atoms with van der Waals surface area (Å²) in [6, 6.07) is 8.36. The van der Waals surface area contributed by atoms with Crippen LogP contribution in [0.2, 0.25) is 0 Å². The third-order valence-corrected chi connectivity index (χ3v) is 3.80. The van der Waals surface area contributed by atoms with Crippen molar-refractivity contribution in [1.82, 2.24) is 9.78 Å². The molecule has 0 fully saturated rings. The van der Waals surface area contributed by atoms with Gasteiger partial charge < -0.3 is 10.6 Å². The van der Waals surface area contributed by atoms with Crippen molar-refractivity contribution in [1.29, 1.82) is 0 Å². The van der Waals surface area contributed by atoms with Gasteiger partial charge in [-0.1, -0.05) is 6.07 Å². The van der Waals surface area contributed by atoms with Crippen molar-refractivity contribution in [2.45, 2.75) is 33.4 Å². The van der Waals surface area contributed by atoms with E-state index in [0.29, 0.717) is 0 Å². The molecule has 3 rings (SSSR count). The van der Waals surface area contributed by atoms with Gasteiger partial charge in [-0.3, -0.25) is 4.68 Å². The maximum atomic E-state index is 6.04. The number of anilines is 2. The van der Waals surface area contributed by atoms with E-state index in [2.05, 4.69) is 33.7 Å². The molecular weight excluding hydrogens is 236 g/mol. The largest absolute Gasteiger partial charge is 0.398 e. The summed E-state index contributed by atoms with van der Waals surface area (Å²) in [5.41, 5.74) is 11.9. The number of aryl methyl sites for hydroxylation is 2. The monoisotopic (exact) mass is 256 g/mol. The Bertz CT molecular complexity index is 600. The van der Waals surface area contributed by atoms with Crippen molar-refractivity contribution in [2.24, 2.45) is 0 Å².